The van der Waals surface area contributed by atoms with Crippen LogP contribution in [0.25, 0.3) is 0 Å². The van der Waals surface area contributed by atoms with Crippen LogP contribution >= 0.6 is 0 Å². The van der Waals surface area contributed by atoms with Gasteiger partial charge >= 0.3 is 0 Å². The van der Waals surface area contributed by atoms with Crippen LogP contribution in [0.2, 0.25) is 0 Å². The molecule has 0 amide bonds. The Kier molecular flexibility index (Phi) is 4.13. The van der Waals surface area contributed by atoms with Gasteiger partial charge < -0.3 is 5.11 Å². The van der Waals surface area contributed by atoms with Crippen LogP contribution in [0.4, 0.5) is 0 Å². The average molecular weight is 433 g/mol. The van der Waals surface area contributed by atoms with Crippen LogP contribution in [-0.2, 0) is 11.0 Å². The molecule has 8 fully saturated rings. The number of rotatable bonds is 3. The standard InChI is InChI=1S/C31H44O/c1-28(2,3)26-4-6-27(7-5-26)31(32,29-14-20-8-21(15-29)10-22(9-20)16-29)30-17-23-11-24(18-30)13-25(12-23)19-30/h4-7,20-25,32H,8-19H2,1-3H3. The maximum Gasteiger partial charge on any atom is 0.101 e. The van der Waals surface area contributed by atoms with Crippen molar-refractivity contribution in [2.75, 3.05) is 0 Å². The normalized spacial score (nSPS) is 48.2. The zero-order chi connectivity index (χ0) is 21.9. The van der Waals surface area contributed by atoms with Gasteiger partial charge in [-0.1, -0.05) is 45.0 Å². The van der Waals surface area contributed by atoms with Gasteiger partial charge in [0.2, 0.25) is 0 Å². The summed E-state index contributed by atoms with van der Waals surface area (Å²) in [6, 6.07) is 9.50. The topological polar surface area (TPSA) is 20.2 Å². The van der Waals surface area contributed by atoms with Gasteiger partial charge in [0, 0.05) is 10.8 Å². The van der Waals surface area contributed by atoms with Crippen LogP contribution < -0.4 is 0 Å². The lowest BCUT2D eigenvalue weighted by atomic mass is 9.35. The molecule has 8 aliphatic carbocycles. The van der Waals surface area contributed by atoms with Crippen LogP contribution in [0, 0.1) is 46.3 Å². The van der Waals surface area contributed by atoms with Gasteiger partial charge in [0.15, 0.2) is 0 Å². The number of aliphatic hydroxyl groups is 1. The summed E-state index contributed by atoms with van der Waals surface area (Å²) >= 11 is 0. The number of hydrogen-bond donors (Lipinski definition) is 1. The Labute approximate surface area is 195 Å². The van der Waals surface area contributed by atoms with Crippen molar-refractivity contribution in [2.45, 2.75) is 109 Å². The van der Waals surface area contributed by atoms with E-state index in [1.807, 2.05) is 0 Å². The summed E-state index contributed by atoms with van der Waals surface area (Å²) in [6.07, 6.45) is 16.6. The molecule has 1 aromatic carbocycles. The van der Waals surface area contributed by atoms with Gasteiger partial charge in [0.1, 0.15) is 5.60 Å². The van der Waals surface area contributed by atoms with E-state index in [1.54, 1.807) is 0 Å². The maximum atomic E-state index is 13.5. The summed E-state index contributed by atoms with van der Waals surface area (Å²) in [5.41, 5.74) is 2.52. The minimum atomic E-state index is -0.623. The van der Waals surface area contributed by atoms with Crippen LogP contribution in [0.15, 0.2) is 24.3 Å². The van der Waals surface area contributed by atoms with E-state index in [1.165, 1.54) is 88.2 Å². The molecule has 0 spiro atoms. The molecule has 0 aromatic heterocycles. The Morgan fingerprint density at radius 2 is 0.844 bits per heavy atom. The molecular weight excluding hydrogens is 388 g/mol. The van der Waals surface area contributed by atoms with E-state index in [-0.39, 0.29) is 16.2 Å². The molecule has 0 radical (unpaired) electrons. The van der Waals surface area contributed by atoms with Crippen molar-refractivity contribution in [1.82, 2.24) is 0 Å². The summed E-state index contributed by atoms with van der Waals surface area (Å²) in [5, 5.41) is 13.5. The van der Waals surface area contributed by atoms with E-state index in [2.05, 4.69) is 45.0 Å². The van der Waals surface area contributed by atoms with Gasteiger partial charge in [-0.3, -0.25) is 0 Å². The zero-order valence-electron chi connectivity index (χ0n) is 20.7. The molecule has 8 aliphatic rings. The molecule has 174 valence electrons. The molecule has 9 rings (SSSR count). The van der Waals surface area contributed by atoms with Crippen LogP contribution in [0.3, 0.4) is 0 Å². The second kappa shape index (κ2) is 6.44. The van der Waals surface area contributed by atoms with Crippen LogP contribution in [0.1, 0.15) is 109 Å². The minimum absolute atomic E-state index is 0.136. The molecule has 0 atom stereocenters. The summed E-state index contributed by atoms with van der Waals surface area (Å²) in [4.78, 5) is 0. The van der Waals surface area contributed by atoms with Crippen LogP contribution in [0.5, 0.6) is 0 Å². The Balaban J connectivity index is 1.39. The highest BCUT2D eigenvalue weighted by atomic mass is 16.3. The predicted octanol–water partition coefficient (Wildman–Crippen LogP) is 7.60. The Morgan fingerprint density at radius 1 is 0.562 bits per heavy atom. The van der Waals surface area contributed by atoms with Gasteiger partial charge in [-0.15, -0.1) is 0 Å². The molecule has 1 heteroatoms. The van der Waals surface area contributed by atoms with E-state index >= 15 is 0 Å². The Morgan fingerprint density at radius 3 is 1.12 bits per heavy atom. The summed E-state index contributed by atoms with van der Waals surface area (Å²) in [5.74, 6) is 5.31. The van der Waals surface area contributed by atoms with Crippen molar-refractivity contribution in [3.8, 4) is 0 Å². The summed E-state index contributed by atoms with van der Waals surface area (Å²) < 4.78 is 0. The highest BCUT2D eigenvalue weighted by Gasteiger charge is 2.70. The second-order valence-corrected chi connectivity index (χ2v) is 14.9. The van der Waals surface area contributed by atoms with E-state index in [9.17, 15) is 5.11 Å². The van der Waals surface area contributed by atoms with Gasteiger partial charge in [-0.2, -0.15) is 0 Å². The highest BCUT2D eigenvalue weighted by Crippen LogP contribution is 2.75. The first-order valence-electron chi connectivity index (χ1n) is 14.0. The molecule has 0 unspecified atom stereocenters. The van der Waals surface area contributed by atoms with Gasteiger partial charge in [-0.05, 0) is 129 Å². The van der Waals surface area contributed by atoms with Gasteiger partial charge in [0.05, 0.1) is 0 Å². The van der Waals surface area contributed by atoms with Crippen molar-refractivity contribution in [3.05, 3.63) is 35.4 Å². The quantitative estimate of drug-likeness (QED) is 0.521. The fourth-order valence-corrected chi connectivity index (χ4v) is 11.5. The maximum absolute atomic E-state index is 13.5. The van der Waals surface area contributed by atoms with Crippen molar-refractivity contribution >= 4 is 0 Å². The van der Waals surface area contributed by atoms with E-state index in [4.69, 9.17) is 0 Å². The van der Waals surface area contributed by atoms with Gasteiger partial charge in [-0.25, -0.2) is 0 Å². The molecule has 0 aliphatic heterocycles. The van der Waals surface area contributed by atoms with E-state index in [0.29, 0.717) is 0 Å². The first kappa shape index (κ1) is 20.5. The monoisotopic (exact) mass is 432 g/mol. The number of benzene rings is 1. The van der Waals surface area contributed by atoms with Crippen molar-refractivity contribution in [3.63, 3.8) is 0 Å². The molecule has 1 N–H and O–H groups in total. The van der Waals surface area contributed by atoms with E-state index < -0.39 is 5.60 Å². The fraction of sp³-hybridized carbons (Fsp3) is 0.806. The second-order valence-electron chi connectivity index (χ2n) is 14.9. The first-order chi connectivity index (χ1) is 15.2. The lowest BCUT2D eigenvalue weighted by molar-refractivity contribution is -0.277. The minimum Gasteiger partial charge on any atom is -0.384 e. The van der Waals surface area contributed by atoms with Crippen LogP contribution in [-0.4, -0.2) is 5.11 Å². The van der Waals surface area contributed by atoms with Crippen molar-refractivity contribution < 1.29 is 5.11 Å². The predicted molar refractivity (Wildman–Crippen MR) is 130 cm³/mol. The van der Waals surface area contributed by atoms with Crippen molar-refractivity contribution in [2.24, 2.45) is 46.3 Å². The SMILES string of the molecule is CC(C)(C)c1ccc(C(O)(C23CC4CC(CC(C4)C2)C3)C23CC4CC(CC(C4)C2)C3)cc1. The summed E-state index contributed by atoms with van der Waals surface area (Å²) in [6.45, 7) is 6.94. The number of hydrogen-bond acceptors (Lipinski definition) is 1. The molecular formula is C31H44O. The fourth-order valence-electron chi connectivity index (χ4n) is 11.5. The van der Waals surface area contributed by atoms with E-state index in [0.717, 1.165) is 35.5 Å². The molecule has 1 nitrogen and oxygen atoms in total. The molecule has 32 heavy (non-hydrogen) atoms. The van der Waals surface area contributed by atoms with Crippen molar-refractivity contribution in [1.29, 1.82) is 0 Å². The summed E-state index contributed by atoms with van der Waals surface area (Å²) in [7, 11) is 0. The highest BCUT2D eigenvalue weighted by molar-refractivity contribution is 5.36. The third-order valence-corrected chi connectivity index (χ3v) is 11.8. The lowest BCUT2D eigenvalue weighted by Gasteiger charge is -2.71. The molecule has 8 saturated carbocycles. The molecule has 1 aromatic rings. The molecule has 0 heterocycles. The Bertz CT molecular complexity index is 785. The van der Waals surface area contributed by atoms with Gasteiger partial charge in [0.25, 0.3) is 0 Å². The smallest absolute Gasteiger partial charge is 0.101 e. The average Bonchev–Trinajstić information content (AvgIpc) is 2.70. The third kappa shape index (κ3) is 2.67. The Hall–Kier alpha value is -0.820. The molecule has 8 bridgehead atoms. The zero-order valence-corrected chi connectivity index (χ0v) is 20.7. The largest absolute Gasteiger partial charge is 0.384 e. The lowest BCUT2D eigenvalue weighted by Crippen LogP contribution is -2.66. The molecule has 0 saturated heterocycles. The third-order valence-electron chi connectivity index (χ3n) is 11.8. The first-order valence-corrected chi connectivity index (χ1v) is 14.0.